The number of thiophene rings is 1. The summed E-state index contributed by atoms with van der Waals surface area (Å²) in [4.78, 5) is 2.05. The highest BCUT2D eigenvalue weighted by Crippen LogP contribution is 2.43. The lowest BCUT2D eigenvalue weighted by atomic mass is 9.94. The van der Waals surface area contributed by atoms with Crippen LogP contribution in [0.4, 0.5) is 17.1 Å². The molecule has 0 radical (unpaired) electrons. The van der Waals surface area contributed by atoms with Gasteiger partial charge in [0, 0.05) is 36.9 Å². The van der Waals surface area contributed by atoms with Crippen molar-refractivity contribution in [2.45, 2.75) is 0 Å². The van der Waals surface area contributed by atoms with Crippen LogP contribution in [0.5, 0.6) is 0 Å². The van der Waals surface area contributed by atoms with Gasteiger partial charge in [-0.25, -0.2) is 0 Å². The molecule has 54 heavy (non-hydrogen) atoms. The van der Waals surface area contributed by atoms with Gasteiger partial charge in [0.05, 0.1) is 19.4 Å². The Morgan fingerprint density at radius 1 is 0.352 bits per heavy atom. The van der Waals surface area contributed by atoms with Crippen molar-refractivity contribution in [2.24, 2.45) is 0 Å². The lowest BCUT2D eigenvalue weighted by molar-refractivity contribution is 1.30. The molecule has 0 aliphatic heterocycles. The van der Waals surface area contributed by atoms with Crippen LogP contribution >= 0.6 is 11.3 Å². The zero-order valence-electron chi connectivity index (χ0n) is 38.8. The predicted octanol–water partition coefficient (Wildman–Crippen LogP) is 15.3. The number of anilines is 3. The van der Waals surface area contributed by atoms with Crippen LogP contribution in [-0.2, 0) is 0 Å². The SMILES string of the molecule is [2H]c1c([2H])c([2H])c(-c2ccc(N(c3ccc(-c4c([2H])c([2H])c([2H])c([2H])c4[2H])cc3)c3ccc(-c4ccc(-c5ccc6sc7ccccc7c6c5)cc4)c4ccccc34)cc2)c([2H])c1[2H]. The van der Waals surface area contributed by atoms with Crippen LogP contribution in [0.1, 0.15) is 13.7 Å². The van der Waals surface area contributed by atoms with Gasteiger partial charge in [0.2, 0.25) is 0 Å². The number of hydrogen-bond acceptors (Lipinski definition) is 2. The minimum atomic E-state index is -0.454. The maximum Gasteiger partial charge on any atom is 0.0629 e. The number of benzene rings is 9. The molecule has 0 aliphatic carbocycles. The zero-order chi connectivity index (χ0) is 44.6. The topological polar surface area (TPSA) is 3.24 Å². The lowest BCUT2D eigenvalue weighted by Crippen LogP contribution is -2.10. The van der Waals surface area contributed by atoms with Crippen LogP contribution in [0.25, 0.3) is 75.5 Å². The third-order valence-electron chi connectivity index (χ3n) is 9.88. The van der Waals surface area contributed by atoms with E-state index in [0.717, 1.165) is 38.7 Å². The maximum absolute atomic E-state index is 8.58. The first-order chi connectivity index (χ1) is 30.9. The van der Waals surface area contributed by atoms with Gasteiger partial charge in [-0.15, -0.1) is 11.3 Å². The summed E-state index contributed by atoms with van der Waals surface area (Å²) in [6.07, 6.45) is 0. The Morgan fingerprint density at radius 3 is 1.46 bits per heavy atom. The summed E-state index contributed by atoms with van der Waals surface area (Å²) in [6.45, 7) is 0. The Balaban J connectivity index is 1.08. The van der Waals surface area contributed by atoms with Crippen LogP contribution in [-0.4, -0.2) is 0 Å². The molecule has 2 heteroatoms. The van der Waals surface area contributed by atoms with Gasteiger partial charge in [-0.1, -0.05) is 164 Å². The predicted molar refractivity (Wildman–Crippen MR) is 233 cm³/mol. The molecule has 254 valence electrons. The van der Waals surface area contributed by atoms with E-state index in [4.69, 9.17) is 13.7 Å². The molecule has 0 N–H and O–H groups in total. The standard InChI is InChI=1S/C52H35NS/c1-3-11-36(12-4-1)38-23-28-43(29-24-38)53(44-30-25-39(26-31-44)37-13-5-2-6-14-37)50-33-32-45(46-15-7-8-16-47(46)50)41-21-19-40(20-22-41)42-27-34-52-49(35-42)48-17-9-10-18-51(48)54-52/h1-35H/i1D,2D,3D,4D,5D,6D,11D,12D,13D,14D. The first-order valence-electron chi connectivity index (χ1n) is 22.6. The molecule has 10 aromatic rings. The monoisotopic (exact) mass is 715 g/mol. The number of hydrogen-bond donors (Lipinski definition) is 0. The molecule has 10 rings (SSSR count). The van der Waals surface area contributed by atoms with Gasteiger partial charge in [0.25, 0.3) is 0 Å². The third kappa shape index (κ3) is 5.84. The fraction of sp³-hybridized carbons (Fsp3) is 0. The number of fused-ring (bicyclic) bond motifs is 4. The third-order valence-corrected chi connectivity index (χ3v) is 11.0. The Morgan fingerprint density at radius 2 is 0.833 bits per heavy atom. The molecule has 9 aromatic carbocycles. The quantitative estimate of drug-likeness (QED) is 0.159. The average Bonchev–Trinajstić information content (AvgIpc) is 3.71. The van der Waals surface area contributed by atoms with Gasteiger partial charge in [-0.05, 0) is 98.4 Å². The molecule has 0 saturated carbocycles. The Kier molecular flexibility index (Phi) is 5.83. The summed E-state index contributed by atoms with van der Waals surface area (Å²) in [7, 11) is 0. The van der Waals surface area contributed by atoms with Gasteiger partial charge >= 0.3 is 0 Å². The first kappa shape index (κ1) is 23.0. The smallest absolute Gasteiger partial charge is 0.0629 e. The van der Waals surface area contributed by atoms with Gasteiger partial charge in [0.15, 0.2) is 0 Å². The highest BCUT2D eigenvalue weighted by atomic mass is 32.1. The summed E-state index contributed by atoms with van der Waals surface area (Å²) >= 11 is 1.80. The van der Waals surface area contributed by atoms with Gasteiger partial charge in [0.1, 0.15) is 0 Å². The molecule has 0 saturated heterocycles. The van der Waals surface area contributed by atoms with E-state index in [1.165, 1.54) is 20.2 Å². The molecule has 1 heterocycles. The normalized spacial score (nSPS) is 13.9. The summed E-state index contributed by atoms with van der Waals surface area (Å²) in [5.41, 5.74) is 7.74. The highest BCUT2D eigenvalue weighted by Gasteiger charge is 2.18. The Hall–Kier alpha value is -6.74. The number of nitrogens with zero attached hydrogens (tertiary/aromatic N) is 1. The second-order valence-electron chi connectivity index (χ2n) is 13.0. The zero-order valence-corrected chi connectivity index (χ0v) is 29.6. The molecule has 0 unspecified atom stereocenters. The van der Waals surface area contributed by atoms with E-state index >= 15 is 0 Å². The van der Waals surface area contributed by atoms with E-state index in [-0.39, 0.29) is 35.3 Å². The second-order valence-corrected chi connectivity index (χ2v) is 14.1. The molecular formula is C52H35NS. The van der Waals surface area contributed by atoms with Crippen LogP contribution in [0.2, 0.25) is 0 Å². The van der Waals surface area contributed by atoms with Crippen LogP contribution in [0, 0.1) is 0 Å². The second kappa shape index (κ2) is 13.7. The van der Waals surface area contributed by atoms with Crippen molar-refractivity contribution in [3.63, 3.8) is 0 Å². The summed E-state index contributed by atoms with van der Waals surface area (Å²) in [5, 5.41) is 4.47. The molecular weight excluding hydrogens is 671 g/mol. The van der Waals surface area contributed by atoms with Gasteiger partial charge < -0.3 is 4.90 Å². The van der Waals surface area contributed by atoms with E-state index in [2.05, 4.69) is 95.9 Å². The van der Waals surface area contributed by atoms with Crippen LogP contribution in [0.3, 0.4) is 0 Å². The van der Waals surface area contributed by atoms with Crippen LogP contribution in [0.15, 0.2) is 212 Å². The van der Waals surface area contributed by atoms with Crippen molar-refractivity contribution < 1.29 is 13.7 Å². The van der Waals surface area contributed by atoms with Crippen LogP contribution < -0.4 is 4.90 Å². The van der Waals surface area contributed by atoms with Crippen molar-refractivity contribution >= 4 is 59.3 Å². The molecule has 1 nitrogen and oxygen atoms in total. The Labute approximate surface area is 333 Å². The molecule has 0 atom stereocenters. The maximum atomic E-state index is 8.58. The molecule has 0 aliphatic rings. The molecule has 0 spiro atoms. The van der Waals surface area contributed by atoms with Crippen molar-refractivity contribution in [3.05, 3.63) is 212 Å². The van der Waals surface area contributed by atoms with Crippen molar-refractivity contribution in [3.8, 4) is 44.5 Å². The number of rotatable bonds is 7. The fourth-order valence-electron chi connectivity index (χ4n) is 7.25. The summed E-state index contributed by atoms with van der Waals surface area (Å²) < 4.78 is 86.0. The molecule has 0 amide bonds. The minimum Gasteiger partial charge on any atom is -0.310 e. The van der Waals surface area contributed by atoms with E-state index in [0.29, 0.717) is 22.5 Å². The van der Waals surface area contributed by atoms with Crippen molar-refractivity contribution in [1.29, 1.82) is 0 Å². The van der Waals surface area contributed by atoms with Gasteiger partial charge in [-0.3, -0.25) is 0 Å². The minimum absolute atomic E-state index is 0.105. The highest BCUT2D eigenvalue weighted by molar-refractivity contribution is 7.25. The average molecular weight is 716 g/mol. The van der Waals surface area contributed by atoms with E-state index in [9.17, 15) is 0 Å². The van der Waals surface area contributed by atoms with E-state index < -0.39 is 36.3 Å². The molecule has 0 bridgehead atoms. The lowest BCUT2D eigenvalue weighted by Gasteiger charge is -2.28. The van der Waals surface area contributed by atoms with Crippen molar-refractivity contribution in [1.82, 2.24) is 0 Å². The van der Waals surface area contributed by atoms with E-state index in [1.54, 1.807) is 35.6 Å². The largest absolute Gasteiger partial charge is 0.310 e. The van der Waals surface area contributed by atoms with E-state index in [1.807, 2.05) is 36.4 Å². The van der Waals surface area contributed by atoms with Crippen molar-refractivity contribution in [2.75, 3.05) is 4.90 Å². The Bertz CT molecular complexity index is 3320. The fourth-order valence-corrected chi connectivity index (χ4v) is 8.33. The van der Waals surface area contributed by atoms with Gasteiger partial charge in [-0.2, -0.15) is 0 Å². The summed E-state index contributed by atoms with van der Waals surface area (Å²) in [5.74, 6) is 0. The molecule has 0 fully saturated rings. The molecule has 1 aromatic heterocycles. The summed E-state index contributed by atoms with van der Waals surface area (Å²) in [6, 6.07) is 46.8. The first-order valence-corrected chi connectivity index (χ1v) is 18.4.